The molecule has 4 nitrogen and oxygen atoms in total. The van der Waals surface area contributed by atoms with E-state index >= 15 is 0 Å². The molecule has 0 saturated carbocycles. The lowest BCUT2D eigenvalue weighted by Gasteiger charge is -2.08. The highest BCUT2D eigenvalue weighted by atomic mass is 15.0. The van der Waals surface area contributed by atoms with E-state index in [4.69, 9.17) is 0 Å². The van der Waals surface area contributed by atoms with Gasteiger partial charge in [-0.1, -0.05) is 6.92 Å². The predicted molar refractivity (Wildman–Crippen MR) is 68.9 cm³/mol. The minimum absolute atomic E-state index is 0.821. The summed E-state index contributed by atoms with van der Waals surface area (Å²) >= 11 is 0. The van der Waals surface area contributed by atoms with Crippen molar-refractivity contribution in [3.8, 4) is 11.3 Å². The second kappa shape index (κ2) is 4.91. The Morgan fingerprint density at radius 3 is 2.76 bits per heavy atom. The van der Waals surface area contributed by atoms with Crippen LogP contribution in [-0.2, 0) is 6.42 Å². The summed E-state index contributed by atoms with van der Waals surface area (Å²) in [5.74, 6) is 1.69. The van der Waals surface area contributed by atoms with E-state index in [1.165, 1.54) is 5.56 Å². The third kappa shape index (κ3) is 2.41. The lowest BCUT2D eigenvalue weighted by molar-refractivity contribution is 0.944. The fourth-order valence-corrected chi connectivity index (χ4v) is 1.65. The number of rotatable bonds is 3. The van der Waals surface area contributed by atoms with Gasteiger partial charge in [0.05, 0.1) is 5.69 Å². The summed E-state index contributed by atoms with van der Waals surface area (Å²) in [7, 11) is 1.86. The third-order valence-electron chi connectivity index (χ3n) is 2.66. The van der Waals surface area contributed by atoms with Gasteiger partial charge in [-0.2, -0.15) is 0 Å². The van der Waals surface area contributed by atoms with Crippen molar-refractivity contribution >= 4 is 5.82 Å². The molecule has 0 aliphatic heterocycles. The molecule has 0 amide bonds. The van der Waals surface area contributed by atoms with Gasteiger partial charge in [-0.05, 0) is 18.6 Å². The molecule has 0 unspecified atom stereocenters. The van der Waals surface area contributed by atoms with Crippen molar-refractivity contribution in [1.29, 1.82) is 0 Å². The van der Waals surface area contributed by atoms with Crippen LogP contribution in [0, 0.1) is 6.92 Å². The third-order valence-corrected chi connectivity index (χ3v) is 2.66. The Morgan fingerprint density at radius 2 is 2.12 bits per heavy atom. The van der Waals surface area contributed by atoms with E-state index in [-0.39, 0.29) is 0 Å². The van der Waals surface area contributed by atoms with Gasteiger partial charge in [0.1, 0.15) is 11.6 Å². The van der Waals surface area contributed by atoms with Crippen LogP contribution in [0.3, 0.4) is 0 Å². The van der Waals surface area contributed by atoms with Gasteiger partial charge in [-0.25, -0.2) is 9.97 Å². The highest BCUT2D eigenvalue weighted by Crippen LogP contribution is 2.22. The van der Waals surface area contributed by atoms with E-state index in [1.54, 1.807) is 6.20 Å². The first kappa shape index (κ1) is 11.5. The largest absolute Gasteiger partial charge is 0.373 e. The maximum Gasteiger partial charge on any atom is 0.131 e. The lowest BCUT2D eigenvalue weighted by atomic mass is 10.1. The summed E-state index contributed by atoms with van der Waals surface area (Å²) in [5, 5.41) is 3.06. The van der Waals surface area contributed by atoms with Crippen molar-refractivity contribution < 1.29 is 0 Å². The molecule has 0 aromatic carbocycles. The zero-order chi connectivity index (χ0) is 12.3. The van der Waals surface area contributed by atoms with Gasteiger partial charge in [0.2, 0.25) is 0 Å². The van der Waals surface area contributed by atoms with Crippen LogP contribution in [0.4, 0.5) is 5.82 Å². The van der Waals surface area contributed by atoms with Crippen molar-refractivity contribution in [2.24, 2.45) is 0 Å². The van der Waals surface area contributed by atoms with E-state index in [2.05, 4.69) is 34.1 Å². The molecule has 2 aromatic heterocycles. The summed E-state index contributed by atoms with van der Waals surface area (Å²) in [6.07, 6.45) is 4.46. The van der Waals surface area contributed by atoms with Gasteiger partial charge in [-0.3, -0.25) is 4.98 Å². The first-order valence-corrected chi connectivity index (χ1v) is 5.71. The van der Waals surface area contributed by atoms with Gasteiger partial charge in [0.15, 0.2) is 0 Å². The summed E-state index contributed by atoms with van der Waals surface area (Å²) in [6.45, 7) is 4.11. The molecule has 2 rings (SSSR count). The SMILES string of the molecule is CCc1nc(NC)cc(-c2cnccc2C)n1. The van der Waals surface area contributed by atoms with Gasteiger partial charge >= 0.3 is 0 Å². The number of nitrogens with zero attached hydrogens (tertiary/aromatic N) is 3. The molecule has 4 heteroatoms. The van der Waals surface area contributed by atoms with E-state index in [9.17, 15) is 0 Å². The molecule has 2 aromatic rings. The summed E-state index contributed by atoms with van der Waals surface area (Å²) < 4.78 is 0. The van der Waals surface area contributed by atoms with Crippen molar-refractivity contribution in [3.63, 3.8) is 0 Å². The van der Waals surface area contributed by atoms with E-state index in [1.807, 2.05) is 25.4 Å². The minimum atomic E-state index is 0.821. The van der Waals surface area contributed by atoms with E-state index in [0.717, 1.165) is 29.3 Å². The lowest BCUT2D eigenvalue weighted by Crippen LogP contribution is -2.01. The van der Waals surface area contributed by atoms with Crippen molar-refractivity contribution in [3.05, 3.63) is 35.9 Å². The first-order chi connectivity index (χ1) is 8.24. The molecule has 1 N–H and O–H groups in total. The number of aryl methyl sites for hydroxylation is 2. The van der Waals surface area contributed by atoms with Crippen LogP contribution in [0.15, 0.2) is 24.5 Å². The Hall–Kier alpha value is -1.97. The first-order valence-electron chi connectivity index (χ1n) is 5.71. The maximum absolute atomic E-state index is 4.54. The van der Waals surface area contributed by atoms with Crippen LogP contribution in [0.5, 0.6) is 0 Å². The number of nitrogens with one attached hydrogen (secondary N) is 1. The number of pyridine rings is 1. The molecule has 0 fully saturated rings. The Bertz CT molecular complexity index is 500. The normalized spacial score (nSPS) is 10.3. The molecule has 17 heavy (non-hydrogen) atoms. The van der Waals surface area contributed by atoms with Crippen molar-refractivity contribution in [2.45, 2.75) is 20.3 Å². The van der Waals surface area contributed by atoms with Gasteiger partial charge in [0, 0.05) is 37.5 Å². The molecule has 88 valence electrons. The molecule has 0 spiro atoms. The van der Waals surface area contributed by atoms with Gasteiger partial charge in [-0.15, -0.1) is 0 Å². The van der Waals surface area contributed by atoms with Crippen LogP contribution < -0.4 is 5.32 Å². The van der Waals surface area contributed by atoms with Crippen LogP contribution in [-0.4, -0.2) is 22.0 Å². The molecule has 0 bridgehead atoms. The predicted octanol–water partition coefficient (Wildman–Crippen LogP) is 2.45. The zero-order valence-electron chi connectivity index (χ0n) is 10.4. The summed E-state index contributed by atoms with van der Waals surface area (Å²) in [6, 6.07) is 3.94. The number of hydrogen-bond donors (Lipinski definition) is 1. The number of aromatic nitrogens is 3. The second-order valence-corrected chi connectivity index (χ2v) is 3.85. The standard InChI is InChI=1S/C13H16N4/c1-4-12-16-11(7-13(14-3)17-12)10-8-15-6-5-9(10)2/h5-8H,4H2,1-3H3,(H,14,16,17). The Kier molecular flexibility index (Phi) is 3.32. The molecular weight excluding hydrogens is 212 g/mol. The number of hydrogen-bond acceptors (Lipinski definition) is 4. The quantitative estimate of drug-likeness (QED) is 0.876. The Morgan fingerprint density at radius 1 is 1.29 bits per heavy atom. The van der Waals surface area contributed by atoms with Crippen LogP contribution in [0.2, 0.25) is 0 Å². The van der Waals surface area contributed by atoms with Crippen LogP contribution >= 0.6 is 0 Å². The van der Waals surface area contributed by atoms with Gasteiger partial charge < -0.3 is 5.32 Å². The Balaban J connectivity index is 2.55. The average Bonchev–Trinajstić information content (AvgIpc) is 2.38. The average molecular weight is 228 g/mol. The molecular formula is C13H16N4. The fraction of sp³-hybridized carbons (Fsp3) is 0.308. The topological polar surface area (TPSA) is 50.7 Å². The second-order valence-electron chi connectivity index (χ2n) is 3.85. The smallest absolute Gasteiger partial charge is 0.131 e. The van der Waals surface area contributed by atoms with Crippen LogP contribution in [0.1, 0.15) is 18.3 Å². The Labute approximate surface area is 101 Å². The monoisotopic (exact) mass is 228 g/mol. The fourth-order valence-electron chi connectivity index (χ4n) is 1.65. The highest BCUT2D eigenvalue weighted by Gasteiger charge is 2.07. The van der Waals surface area contributed by atoms with Gasteiger partial charge in [0.25, 0.3) is 0 Å². The molecule has 0 aliphatic carbocycles. The van der Waals surface area contributed by atoms with Crippen LogP contribution in [0.25, 0.3) is 11.3 Å². The molecule has 0 aliphatic rings. The van der Waals surface area contributed by atoms with Crippen molar-refractivity contribution in [1.82, 2.24) is 15.0 Å². The molecule has 0 radical (unpaired) electrons. The number of anilines is 1. The molecule has 0 atom stereocenters. The highest BCUT2D eigenvalue weighted by molar-refractivity contribution is 5.64. The maximum atomic E-state index is 4.54. The van der Waals surface area contributed by atoms with Crippen molar-refractivity contribution in [2.75, 3.05) is 12.4 Å². The van der Waals surface area contributed by atoms with E-state index in [0.29, 0.717) is 0 Å². The van der Waals surface area contributed by atoms with E-state index < -0.39 is 0 Å². The minimum Gasteiger partial charge on any atom is -0.373 e. The molecule has 0 saturated heterocycles. The summed E-state index contributed by atoms with van der Waals surface area (Å²) in [5.41, 5.74) is 3.15. The zero-order valence-corrected chi connectivity index (χ0v) is 10.4. The summed E-state index contributed by atoms with van der Waals surface area (Å²) in [4.78, 5) is 13.1. The molecule has 2 heterocycles.